The summed E-state index contributed by atoms with van der Waals surface area (Å²) in [7, 11) is -3.15. The van der Waals surface area contributed by atoms with E-state index in [1.165, 1.54) is 12.1 Å². The van der Waals surface area contributed by atoms with Gasteiger partial charge in [0.1, 0.15) is 15.6 Å². The summed E-state index contributed by atoms with van der Waals surface area (Å²) in [6, 6.07) is 3.78. The van der Waals surface area contributed by atoms with Crippen LogP contribution in [-0.2, 0) is 22.4 Å². The number of halogens is 3. The molecule has 1 aromatic carbocycles. The molecule has 0 aromatic heterocycles. The van der Waals surface area contributed by atoms with Crippen molar-refractivity contribution in [3.8, 4) is 5.75 Å². The molecule has 0 aliphatic rings. The molecule has 8 heteroatoms. The highest BCUT2D eigenvalue weighted by molar-refractivity contribution is 7.90. The Morgan fingerprint density at radius 1 is 1.29 bits per heavy atom. The zero-order chi connectivity index (χ0) is 16.1. The normalized spacial score (nSPS) is 12.4. The maximum Gasteiger partial charge on any atom is 0.419 e. The maximum absolute atomic E-state index is 13.0. The minimum absolute atomic E-state index is 0.0909. The third kappa shape index (κ3) is 6.34. The molecule has 0 saturated carbocycles. The first kappa shape index (κ1) is 17.8. The molecular weight excluding hydrogens is 307 g/mol. The largest absolute Gasteiger partial charge is 0.493 e. The predicted octanol–water partition coefficient (Wildman–Crippen LogP) is 2.02. The molecule has 0 radical (unpaired) electrons. The average molecular weight is 325 g/mol. The van der Waals surface area contributed by atoms with Crippen LogP contribution < -0.4 is 10.5 Å². The van der Waals surface area contributed by atoms with Gasteiger partial charge in [-0.15, -0.1) is 0 Å². The standard InChI is InChI=1S/C13H18F3NO3S/c1-21(18,19)8-2-7-20-12-4-3-10(5-6-17)9-11(12)13(14,15)16/h3-4,9H,2,5-8,17H2,1H3. The first-order valence-corrected chi connectivity index (χ1v) is 8.40. The number of hydrogen-bond acceptors (Lipinski definition) is 4. The number of benzene rings is 1. The van der Waals surface area contributed by atoms with E-state index in [9.17, 15) is 21.6 Å². The quantitative estimate of drug-likeness (QED) is 0.779. The third-order valence-corrected chi connectivity index (χ3v) is 3.73. The molecule has 1 rings (SSSR count). The summed E-state index contributed by atoms with van der Waals surface area (Å²) < 4.78 is 65.8. The van der Waals surface area contributed by atoms with Crippen molar-refractivity contribution in [3.05, 3.63) is 29.3 Å². The van der Waals surface area contributed by atoms with Crippen molar-refractivity contribution < 1.29 is 26.3 Å². The van der Waals surface area contributed by atoms with Crippen molar-refractivity contribution in [2.45, 2.75) is 19.0 Å². The van der Waals surface area contributed by atoms with Gasteiger partial charge in [0.05, 0.1) is 17.9 Å². The van der Waals surface area contributed by atoms with E-state index in [0.29, 0.717) is 12.0 Å². The van der Waals surface area contributed by atoms with E-state index < -0.39 is 21.6 Å². The van der Waals surface area contributed by atoms with Gasteiger partial charge < -0.3 is 10.5 Å². The van der Waals surface area contributed by atoms with E-state index in [1.807, 2.05) is 0 Å². The number of nitrogens with two attached hydrogens (primary N) is 1. The predicted molar refractivity (Wildman–Crippen MR) is 74.0 cm³/mol. The van der Waals surface area contributed by atoms with Gasteiger partial charge in [0.15, 0.2) is 0 Å². The Morgan fingerprint density at radius 3 is 2.48 bits per heavy atom. The number of alkyl halides is 3. The fraction of sp³-hybridized carbons (Fsp3) is 0.538. The maximum atomic E-state index is 13.0. The molecule has 1 aromatic rings. The Hall–Kier alpha value is -1.28. The van der Waals surface area contributed by atoms with E-state index >= 15 is 0 Å². The van der Waals surface area contributed by atoms with Crippen LogP contribution in [-0.4, -0.2) is 33.6 Å². The average Bonchev–Trinajstić information content (AvgIpc) is 2.34. The lowest BCUT2D eigenvalue weighted by molar-refractivity contribution is -0.139. The fourth-order valence-electron chi connectivity index (χ4n) is 1.75. The minimum atomic E-state index is -4.53. The van der Waals surface area contributed by atoms with E-state index in [4.69, 9.17) is 10.5 Å². The summed E-state index contributed by atoms with van der Waals surface area (Å²) in [6.07, 6.45) is -2.98. The first-order chi connectivity index (χ1) is 9.63. The van der Waals surface area contributed by atoms with Crippen molar-refractivity contribution in [3.63, 3.8) is 0 Å². The summed E-state index contributed by atoms with van der Waals surface area (Å²) in [5.74, 6) is -0.420. The van der Waals surface area contributed by atoms with Crippen LogP contribution >= 0.6 is 0 Å². The SMILES string of the molecule is CS(=O)(=O)CCCOc1ccc(CCN)cc1C(F)(F)F. The first-order valence-electron chi connectivity index (χ1n) is 6.34. The van der Waals surface area contributed by atoms with Crippen molar-refractivity contribution >= 4 is 9.84 Å². The van der Waals surface area contributed by atoms with Crippen molar-refractivity contribution in [1.29, 1.82) is 0 Å². The topological polar surface area (TPSA) is 69.4 Å². The van der Waals surface area contributed by atoms with Crippen LogP contribution in [0.25, 0.3) is 0 Å². The van der Waals surface area contributed by atoms with Crippen LogP contribution in [0.1, 0.15) is 17.5 Å². The molecule has 0 heterocycles. The smallest absolute Gasteiger partial charge is 0.419 e. The summed E-state index contributed by atoms with van der Waals surface area (Å²) in [6.45, 7) is 0.165. The fourth-order valence-corrected chi connectivity index (χ4v) is 2.39. The third-order valence-electron chi connectivity index (χ3n) is 2.70. The highest BCUT2D eigenvalue weighted by atomic mass is 32.2. The molecule has 0 aliphatic carbocycles. The minimum Gasteiger partial charge on any atom is -0.493 e. The van der Waals surface area contributed by atoms with Crippen LogP contribution in [0.2, 0.25) is 0 Å². The lowest BCUT2D eigenvalue weighted by Crippen LogP contribution is -2.13. The number of ether oxygens (including phenoxy) is 1. The van der Waals surface area contributed by atoms with E-state index in [2.05, 4.69) is 0 Å². The number of sulfone groups is 1. The molecule has 0 spiro atoms. The molecule has 4 nitrogen and oxygen atoms in total. The molecule has 0 bridgehead atoms. The Morgan fingerprint density at radius 2 is 1.95 bits per heavy atom. The van der Waals surface area contributed by atoms with Crippen molar-refractivity contribution in [1.82, 2.24) is 0 Å². The molecule has 0 aliphatic heterocycles. The van der Waals surface area contributed by atoms with Gasteiger partial charge in [-0.05, 0) is 37.1 Å². The Labute approximate surface area is 122 Å². The van der Waals surface area contributed by atoms with E-state index in [0.717, 1.165) is 12.3 Å². The van der Waals surface area contributed by atoms with Gasteiger partial charge in [-0.1, -0.05) is 6.07 Å². The second-order valence-electron chi connectivity index (χ2n) is 4.70. The van der Waals surface area contributed by atoms with Gasteiger partial charge >= 0.3 is 6.18 Å². The molecule has 0 amide bonds. The van der Waals surface area contributed by atoms with Crippen molar-refractivity contribution in [2.75, 3.05) is 25.2 Å². The zero-order valence-corrected chi connectivity index (χ0v) is 12.4. The second-order valence-corrected chi connectivity index (χ2v) is 6.96. The molecule has 120 valence electrons. The van der Waals surface area contributed by atoms with Gasteiger partial charge in [-0.3, -0.25) is 0 Å². The van der Waals surface area contributed by atoms with Crippen LogP contribution in [0.15, 0.2) is 18.2 Å². The summed E-state index contributed by atoms with van der Waals surface area (Å²) in [5.41, 5.74) is 4.94. The summed E-state index contributed by atoms with van der Waals surface area (Å²) in [5, 5.41) is 0. The van der Waals surface area contributed by atoms with E-state index in [-0.39, 0.29) is 31.1 Å². The van der Waals surface area contributed by atoms with Crippen LogP contribution in [0.4, 0.5) is 13.2 Å². The lowest BCUT2D eigenvalue weighted by atomic mass is 10.1. The van der Waals surface area contributed by atoms with E-state index in [1.54, 1.807) is 0 Å². The van der Waals surface area contributed by atoms with Gasteiger partial charge in [0, 0.05) is 6.26 Å². The number of rotatable bonds is 7. The van der Waals surface area contributed by atoms with Crippen LogP contribution in [0.3, 0.4) is 0 Å². The van der Waals surface area contributed by atoms with Gasteiger partial charge in [0.2, 0.25) is 0 Å². The number of hydrogen-bond donors (Lipinski definition) is 1. The molecule has 21 heavy (non-hydrogen) atoms. The molecular formula is C13H18F3NO3S. The summed E-state index contributed by atoms with van der Waals surface area (Å²) in [4.78, 5) is 0. The highest BCUT2D eigenvalue weighted by Crippen LogP contribution is 2.37. The highest BCUT2D eigenvalue weighted by Gasteiger charge is 2.34. The molecule has 0 unspecified atom stereocenters. The van der Waals surface area contributed by atoms with Crippen LogP contribution in [0.5, 0.6) is 5.75 Å². The molecule has 2 N–H and O–H groups in total. The van der Waals surface area contributed by atoms with Gasteiger partial charge in [-0.2, -0.15) is 13.2 Å². The van der Waals surface area contributed by atoms with Crippen molar-refractivity contribution in [2.24, 2.45) is 5.73 Å². The Balaban J connectivity index is 2.81. The lowest BCUT2D eigenvalue weighted by Gasteiger charge is -2.15. The Bertz CT molecular complexity index is 571. The summed E-state index contributed by atoms with van der Waals surface area (Å²) >= 11 is 0. The molecule has 0 atom stereocenters. The monoisotopic (exact) mass is 325 g/mol. The zero-order valence-electron chi connectivity index (χ0n) is 11.6. The van der Waals surface area contributed by atoms with Gasteiger partial charge in [-0.25, -0.2) is 8.42 Å². The Kier molecular flexibility index (Phi) is 6.03. The van der Waals surface area contributed by atoms with Gasteiger partial charge in [0.25, 0.3) is 0 Å². The molecule has 0 saturated heterocycles. The second kappa shape index (κ2) is 7.13. The van der Waals surface area contributed by atoms with Crippen LogP contribution in [0, 0.1) is 0 Å². The molecule has 0 fully saturated rings.